The van der Waals surface area contributed by atoms with Crippen molar-refractivity contribution in [2.24, 2.45) is 0 Å². The topological polar surface area (TPSA) is 67.3 Å². The molecule has 1 N–H and O–H groups in total. The first-order chi connectivity index (χ1) is 10.7. The summed E-state index contributed by atoms with van der Waals surface area (Å²) in [6, 6.07) is 7.87. The number of imidazole rings is 1. The number of fused-ring (bicyclic) bond motifs is 1. The summed E-state index contributed by atoms with van der Waals surface area (Å²) in [5, 5.41) is 1.72. The lowest BCUT2D eigenvalue weighted by molar-refractivity contribution is -0.196. The standard InChI is InChI=1S/C16H21N3O3/c1-2-5-15(20)22-18-10-8-12(9-11-18)19-14-7-4-3-6-13(14)17-16(19)21/h3-4,6-7,12H,2,5,8-11H2,1H3,(H,17,21). The normalized spacial score (nSPS) is 17.0. The molecule has 0 bridgehead atoms. The first-order valence-corrected chi connectivity index (χ1v) is 7.84. The van der Waals surface area contributed by atoms with Crippen LogP contribution in [0.3, 0.4) is 0 Å². The van der Waals surface area contributed by atoms with Gasteiger partial charge in [0.25, 0.3) is 0 Å². The molecule has 1 aliphatic heterocycles. The maximum absolute atomic E-state index is 12.2. The van der Waals surface area contributed by atoms with Crippen LogP contribution in [0.5, 0.6) is 0 Å². The van der Waals surface area contributed by atoms with Crippen LogP contribution in [0.15, 0.2) is 29.1 Å². The molecule has 118 valence electrons. The number of piperidine rings is 1. The molecule has 3 rings (SSSR count). The minimum absolute atomic E-state index is 0.0670. The zero-order valence-corrected chi connectivity index (χ0v) is 12.7. The van der Waals surface area contributed by atoms with E-state index in [9.17, 15) is 9.59 Å². The summed E-state index contributed by atoms with van der Waals surface area (Å²) < 4.78 is 1.83. The average molecular weight is 303 g/mol. The van der Waals surface area contributed by atoms with Gasteiger partial charge < -0.3 is 9.82 Å². The van der Waals surface area contributed by atoms with Crippen LogP contribution in [0.2, 0.25) is 0 Å². The number of hydrogen-bond donors (Lipinski definition) is 1. The molecule has 0 saturated carbocycles. The van der Waals surface area contributed by atoms with Gasteiger partial charge in [-0.05, 0) is 31.4 Å². The van der Waals surface area contributed by atoms with Crippen LogP contribution in [-0.2, 0) is 9.63 Å². The second-order valence-electron chi connectivity index (χ2n) is 5.69. The molecule has 1 aliphatic rings. The van der Waals surface area contributed by atoms with Crippen molar-refractivity contribution >= 4 is 17.0 Å². The number of para-hydroxylation sites is 2. The molecule has 0 unspecified atom stereocenters. The smallest absolute Gasteiger partial charge is 0.326 e. The molecular formula is C16H21N3O3. The van der Waals surface area contributed by atoms with Crippen LogP contribution in [0, 0.1) is 0 Å². The number of carbonyl (C=O) groups excluding carboxylic acids is 1. The second kappa shape index (κ2) is 6.36. The minimum atomic E-state index is -0.176. The Labute approximate surface area is 128 Å². The average Bonchev–Trinajstić information content (AvgIpc) is 2.84. The Bertz CT molecular complexity index is 711. The van der Waals surface area contributed by atoms with Crippen molar-refractivity contribution in [3.63, 3.8) is 0 Å². The quantitative estimate of drug-likeness (QED) is 0.940. The zero-order chi connectivity index (χ0) is 15.5. The van der Waals surface area contributed by atoms with E-state index < -0.39 is 0 Å². The number of nitrogens with zero attached hydrogens (tertiary/aromatic N) is 2. The van der Waals surface area contributed by atoms with Gasteiger partial charge in [-0.3, -0.25) is 9.36 Å². The van der Waals surface area contributed by atoms with Gasteiger partial charge in [-0.1, -0.05) is 19.1 Å². The molecule has 2 aromatic rings. The fraction of sp³-hybridized carbons (Fsp3) is 0.500. The molecule has 6 nitrogen and oxygen atoms in total. The highest BCUT2D eigenvalue weighted by Crippen LogP contribution is 2.24. The lowest BCUT2D eigenvalue weighted by Crippen LogP contribution is -2.38. The van der Waals surface area contributed by atoms with Gasteiger partial charge in [-0.25, -0.2) is 4.79 Å². The van der Waals surface area contributed by atoms with Gasteiger partial charge in [-0.15, -0.1) is 5.06 Å². The van der Waals surface area contributed by atoms with Crippen molar-refractivity contribution in [2.75, 3.05) is 13.1 Å². The van der Waals surface area contributed by atoms with Gasteiger partial charge in [0.15, 0.2) is 0 Å². The van der Waals surface area contributed by atoms with E-state index in [0.29, 0.717) is 19.5 Å². The van der Waals surface area contributed by atoms with E-state index in [0.717, 1.165) is 30.3 Å². The molecule has 0 radical (unpaired) electrons. The summed E-state index contributed by atoms with van der Waals surface area (Å²) in [7, 11) is 0. The van der Waals surface area contributed by atoms with Crippen molar-refractivity contribution in [2.45, 2.75) is 38.6 Å². The van der Waals surface area contributed by atoms with Gasteiger partial charge in [0.2, 0.25) is 0 Å². The molecule has 0 amide bonds. The molecule has 22 heavy (non-hydrogen) atoms. The highest BCUT2D eigenvalue weighted by atomic mass is 16.7. The molecule has 0 spiro atoms. The number of carbonyl (C=O) groups is 1. The number of nitrogens with one attached hydrogen (secondary N) is 1. The van der Waals surface area contributed by atoms with Gasteiger partial charge in [-0.2, -0.15) is 0 Å². The number of hydrogen-bond acceptors (Lipinski definition) is 4. The SMILES string of the molecule is CCCC(=O)ON1CCC(n2c(=O)[nH]c3ccccc32)CC1. The van der Waals surface area contributed by atoms with Crippen molar-refractivity contribution in [3.05, 3.63) is 34.7 Å². The van der Waals surface area contributed by atoms with Gasteiger partial charge >= 0.3 is 11.7 Å². The summed E-state index contributed by atoms with van der Waals surface area (Å²) in [4.78, 5) is 31.9. The third kappa shape index (κ3) is 2.92. The van der Waals surface area contributed by atoms with Gasteiger partial charge in [0, 0.05) is 25.6 Å². The monoisotopic (exact) mass is 303 g/mol. The van der Waals surface area contributed by atoms with E-state index in [1.807, 2.05) is 35.8 Å². The highest BCUT2D eigenvalue weighted by Gasteiger charge is 2.25. The summed E-state index contributed by atoms with van der Waals surface area (Å²) >= 11 is 0. The first-order valence-electron chi connectivity index (χ1n) is 7.84. The van der Waals surface area contributed by atoms with Crippen LogP contribution in [-0.4, -0.2) is 33.7 Å². The van der Waals surface area contributed by atoms with Crippen LogP contribution < -0.4 is 5.69 Å². The first kappa shape index (κ1) is 14.8. The summed E-state index contributed by atoms with van der Waals surface area (Å²) in [6.45, 7) is 3.27. The largest absolute Gasteiger partial charge is 0.368 e. The number of benzene rings is 1. The molecule has 1 saturated heterocycles. The number of aromatic amines is 1. The minimum Gasteiger partial charge on any atom is -0.368 e. The van der Waals surface area contributed by atoms with Crippen LogP contribution in [0.4, 0.5) is 0 Å². The van der Waals surface area contributed by atoms with Crippen molar-refractivity contribution in [1.82, 2.24) is 14.6 Å². The predicted molar refractivity (Wildman–Crippen MR) is 83.4 cm³/mol. The second-order valence-corrected chi connectivity index (χ2v) is 5.69. The molecule has 1 aromatic heterocycles. The fourth-order valence-corrected chi connectivity index (χ4v) is 3.02. The Morgan fingerprint density at radius 3 is 2.77 bits per heavy atom. The van der Waals surface area contributed by atoms with Gasteiger partial charge in [0.05, 0.1) is 11.0 Å². The summed E-state index contributed by atoms with van der Waals surface area (Å²) in [5.41, 5.74) is 1.74. The van der Waals surface area contributed by atoms with E-state index in [1.54, 1.807) is 5.06 Å². The number of aromatic nitrogens is 2. The van der Waals surface area contributed by atoms with E-state index in [2.05, 4.69) is 4.98 Å². The Morgan fingerprint density at radius 1 is 1.32 bits per heavy atom. The summed E-state index contributed by atoms with van der Waals surface area (Å²) in [5.74, 6) is -0.176. The Morgan fingerprint density at radius 2 is 2.05 bits per heavy atom. The van der Waals surface area contributed by atoms with E-state index in [4.69, 9.17) is 4.84 Å². The van der Waals surface area contributed by atoms with Crippen molar-refractivity contribution in [3.8, 4) is 0 Å². The fourth-order valence-electron chi connectivity index (χ4n) is 3.02. The molecule has 6 heteroatoms. The van der Waals surface area contributed by atoms with Crippen molar-refractivity contribution < 1.29 is 9.63 Å². The van der Waals surface area contributed by atoms with E-state index in [-0.39, 0.29) is 17.7 Å². The van der Waals surface area contributed by atoms with Crippen LogP contribution >= 0.6 is 0 Å². The third-order valence-electron chi connectivity index (χ3n) is 4.10. The zero-order valence-electron chi connectivity index (χ0n) is 12.7. The molecule has 1 fully saturated rings. The lowest BCUT2D eigenvalue weighted by Gasteiger charge is -2.31. The predicted octanol–water partition coefficient (Wildman–Crippen LogP) is 2.22. The number of rotatable bonds is 4. The van der Waals surface area contributed by atoms with E-state index in [1.165, 1.54) is 0 Å². The number of hydroxylamine groups is 2. The molecule has 0 atom stereocenters. The van der Waals surface area contributed by atoms with E-state index >= 15 is 0 Å². The van der Waals surface area contributed by atoms with Gasteiger partial charge in [0.1, 0.15) is 0 Å². The molecule has 2 heterocycles. The molecule has 0 aliphatic carbocycles. The number of H-pyrrole nitrogens is 1. The molecular weight excluding hydrogens is 282 g/mol. The summed E-state index contributed by atoms with van der Waals surface area (Å²) in [6.07, 6.45) is 2.82. The van der Waals surface area contributed by atoms with Crippen LogP contribution in [0.1, 0.15) is 38.6 Å². The molecule has 1 aromatic carbocycles. The Hall–Kier alpha value is -2.08. The highest BCUT2D eigenvalue weighted by molar-refractivity contribution is 5.75. The maximum Gasteiger partial charge on any atom is 0.326 e. The third-order valence-corrected chi connectivity index (χ3v) is 4.10. The maximum atomic E-state index is 12.2. The van der Waals surface area contributed by atoms with Crippen molar-refractivity contribution in [1.29, 1.82) is 0 Å². The Kier molecular flexibility index (Phi) is 4.29. The lowest BCUT2D eigenvalue weighted by atomic mass is 10.1. The Balaban J connectivity index is 1.69. The van der Waals surface area contributed by atoms with Crippen LogP contribution in [0.25, 0.3) is 11.0 Å².